The fraction of sp³-hybridized carbons (Fsp3) is 0.812. The molecule has 1 saturated carbocycles. The highest BCUT2D eigenvalue weighted by Gasteiger charge is 2.31. The predicted octanol–water partition coefficient (Wildman–Crippen LogP) is 4.14. The van der Waals surface area contributed by atoms with Crippen LogP contribution in [0.4, 0.5) is 5.13 Å². The van der Waals surface area contributed by atoms with Crippen molar-refractivity contribution in [2.75, 3.05) is 18.0 Å². The summed E-state index contributed by atoms with van der Waals surface area (Å²) in [6, 6.07) is 0.762. The van der Waals surface area contributed by atoms with E-state index in [-0.39, 0.29) is 0 Å². The summed E-state index contributed by atoms with van der Waals surface area (Å²) in [6.07, 6.45) is 5.07. The number of nitrogens with zero attached hydrogens (tertiary/aromatic N) is 2. The maximum absolute atomic E-state index is 5.02. The lowest BCUT2D eigenvalue weighted by atomic mass is 10.0. The lowest BCUT2D eigenvalue weighted by Gasteiger charge is -2.20. The molecule has 0 spiro atoms. The second-order valence-corrected chi connectivity index (χ2v) is 6.88. The lowest BCUT2D eigenvalue weighted by Crippen LogP contribution is -2.26. The fourth-order valence-electron chi connectivity index (χ4n) is 2.48. The van der Waals surface area contributed by atoms with Crippen molar-refractivity contribution in [3.8, 4) is 0 Å². The van der Waals surface area contributed by atoms with Crippen LogP contribution in [-0.4, -0.2) is 24.1 Å². The summed E-state index contributed by atoms with van der Waals surface area (Å²) in [5.41, 5.74) is 1.33. The van der Waals surface area contributed by atoms with Gasteiger partial charge in [0.05, 0.1) is 5.69 Å². The molecule has 1 aromatic rings. The third kappa shape index (κ3) is 3.73. The molecule has 0 aromatic carbocycles. The van der Waals surface area contributed by atoms with Gasteiger partial charge in [-0.05, 0) is 38.1 Å². The van der Waals surface area contributed by atoms with Crippen LogP contribution in [0.1, 0.15) is 69.9 Å². The minimum absolute atomic E-state index is 0.566. The van der Waals surface area contributed by atoms with Crippen molar-refractivity contribution in [3.63, 3.8) is 0 Å². The largest absolute Gasteiger partial charge is 0.345 e. The molecule has 1 aliphatic carbocycles. The molecule has 1 aromatic heterocycles. The number of nitrogens with one attached hydrogen (secondary N) is 1. The van der Waals surface area contributed by atoms with E-state index in [0.717, 1.165) is 25.7 Å². The monoisotopic (exact) mass is 295 g/mol. The van der Waals surface area contributed by atoms with E-state index in [1.807, 2.05) is 11.3 Å². The van der Waals surface area contributed by atoms with Crippen LogP contribution >= 0.6 is 11.3 Å². The van der Waals surface area contributed by atoms with Gasteiger partial charge in [0.15, 0.2) is 5.13 Å². The maximum Gasteiger partial charge on any atom is 0.186 e. The van der Waals surface area contributed by atoms with E-state index in [9.17, 15) is 0 Å². The normalized spacial score (nSPS) is 16.4. The van der Waals surface area contributed by atoms with Crippen molar-refractivity contribution in [2.24, 2.45) is 0 Å². The van der Waals surface area contributed by atoms with Crippen molar-refractivity contribution in [1.29, 1.82) is 0 Å². The highest BCUT2D eigenvalue weighted by molar-refractivity contribution is 7.15. The molecule has 20 heavy (non-hydrogen) atoms. The average molecular weight is 295 g/mol. The average Bonchev–Trinajstić information content (AvgIpc) is 3.21. The van der Waals surface area contributed by atoms with Crippen molar-refractivity contribution in [3.05, 3.63) is 10.6 Å². The Morgan fingerprint density at radius 2 is 2.10 bits per heavy atom. The summed E-state index contributed by atoms with van der Waals surface area (Å²) in [6.45, 7) is 12.1. The SMILES string of the molecule is CCCN(c1nc(C(C)CC)c(CNCC)s1)C1CC1. The molecule has 0 aliphatic heterocycles. The van der Waals surface area contributed by atoms with Crippen LogP contribution in [0.5, 0.6) is 0 Å². The highest BCUT2D eigenvalue weighted by atomic mass is 32.1. The van der Waals surface area contributed by atoms with E-state index in [1.54, 1.807) is 0 Å². The van der Waals surface area contributed by atoms with Gasteiger partial charge in [-0.1, -0.05) is 27.7 Å². The van der Waals surface area contributed by atoms with Gasteiger partial charge in [0.2, 0.25) is 0 Å². The molecule has 0 amide bonds. The molecular formula is C16H29N3S. The summed E-state index contributed by atoms with van der Waals surface area (Å²) < 4.78 is 0. The van der Waals surface area contributed by atoms with Crippen LogP contribution in [0.15, 0.2) is 0 Å². The Labute approximate surface area is 127 Å². The van der Waals surface area contributed by atoms with Gasteiger partial charge >= 0.3 is 0 Å². The van der Waals surface area contributed by atoms with Crippen LogP contribution < -0.4 is 10.2 Å². The summed E-state index contributed by atoms with van der Waals surface area (Å²) in [5, 5.41) is 4.73. The van der Waals surface area contributed by atoms with Crippen molar-refractivity contribution >= 4 is 16.5 Å². The van der Waals surface area contributed by atoms with Crippen molar-refractivity contribution in [2.45, 2.75) is 71.9 Å². The molecule has 1 N–H and O–H groups in total. The summed E-state index contributed by atoms with van der Waals surface area (Å²) in [5.74, 6) is 0.566. The number of aromatic nitrogens is 1. The molecule has 1 aliphatic rings. The van der Waals surface area contributed by atoms with Gasteiger partial charge in [0.25, 0.3) is 0 Å². The van der Waals surface area contributed by atoms with E-state index in [1.165, 1.54) is 41.4 Å². The van der Waals surface area contributed by atoms with E-state index >= 15 is 0 Å². The second kappa shape index (κ2) is 7.41. The topological polar surface area (TPSA) is 28.2 Å². The molecule has 114 valence electrons. The lowest BCUT2D eigenvalue weighted by molar-refractivity contribution is 0.675. The zero-order valence-electron chi connectivity index (χ0n) is 13.4. The maximum atomic E-state index is 5.02. The quantitative estimate of drug-likeness (QED) is 0.742. The molecular weight excluding hydrogens is 266 g/mol. The number of hydrogen-bond donors (Lipinski definition) is 1. The van der Waals surface area contributed by atoms with Gasteiger partial charge < -0.3 is 10.2 Å². The van der Waals surface area contributed by atoms with Crippen LogP contribution in [0, 0.1) is 0 Å². The summed E-state index contributed by atoms with van der Waals surface area (Å²) >= 11 is 1.91. The Balaban J connectivity index is 2.21. The Morgan fingerprint density at radius 1 is 1.35 bits per heavy atom. The molecule has 2 rings (SSSR count). The van der Waals surface area contributed by atoms with E-state index in [4.69, 9.17) is 4.98 Å². The first-order valence-corrected chi connectivity index (χ1v) is 8.99. The van der Waals surface area contributed by atoms with Crippen LogP contribution in [0.3, 0.4) is 0 Å². The molecule has 0 bridgehead atoms. The van der Waals surface area contributed by atoms with Crippen LogP contribution in [-0.2, 0) is 6.54 Å². The summed E-state index contributed by atoms with van der Waals surface area (Å²) in [7, 11) is 0. The molecule has 1 atom stereocenters. The molecule has 0 radical (unpaired) electrons. The van der Waals surface area contributed by atoms with Crippen LogP contribution in [0.25, 0.3) is 0 Å². The van der Waals surface area contributed by atoms with Gasteiger partial charge in [0, 0.05) is 24.0 Å². The summed E-state index contributed by atoms with van der Waals surface area (Å²) in [4.78, 5) is 9.01. The van der Waals surface area contributed by atoms with Crippen molar-refractivity contribution in [1.82, 2.24) is 10.3 Å². The van der Waals surface area contributed by atoms with Gasteiger partial charge in [-0.3, -0.25) is 0 Å². The van der Waals surface area contributed by atoms with Crippen LogP contribution in [0.2, 0.25) is 0 Å². The Bertz CT molecular complexity index is 412. The number of anilines is 1. The molecule has 3 nitrogen and oxygen atoms in total. The first kappa shape index (κ1) is 15.8. The predicted molar refractivity (Wildman–Crippen MR) is 88.9 cm³/mol. The highest BCUT2D eigenvalue weighted by Crippen LogP contribution is 2.37. The molecule has 1 unspecified atom stereocenters. The molecule has 0 saturated heterocycles. The fourth-order valence-corrected chi connectivity index (χ4v) is 3.73. The first-order chi connectivity index (χ1) is 9.71. The zero-order chi connectivity index (χ0) is 14.5. The number of rotatable bonds is 9. The second-order valence-electron chi connectivity index (χ2n) is 5.82. The molecule has 4 heteroatoms. The third-order valence-electron chi connectivity index (χ3n) is 4.03. The minimum Gasteiger partial charge on any atom is -0.345 e. The molecule has 1 fully saturated rings. The minimum atomic E-state index is 0.566. The number of thiazole rings is 1. The zero-order valence-corrected chi connectivity index (χ0v) is 14.2. The van der Waals surface area contributed by atoms with Crippen molar-refractivity contribution < 1.29 is 0 Å². The Hall–Kier alpha value is -0.610. The standard InChI is InChI=1S/C16H29N3S/c1-5-10-19(13-8-9-13)16-18-15(12(4)6-2)14(20-16)11-17-7-3/h12-13,17H,5-11H2,1-4H3. The Morgan fingerprint density at radius 3 is 2.65 bits per heavy atom. The third-order valence-corrected chi connectivity index (χ3v) is 5.14. The van der Waals surface area contributed by atoms with E-state index in [0.29, 0.717) is 5.92 Å². The van der Waals surface area contributed by atoms with E-state index < -0.39 is 0 Å². The van der Waals surface area contributed by atoms with E-state index in [2.05, 4.69) is 37.9 Å². The van der Waals surface area contributed by atoms with Gasteiger partial charge in [-0.2, -0.15) is 0 Å². The van der Waals surface area contributed by atoms with Gasteiger partial charge in [-0.15, -0.1) is 11.3 Å². The van der Waals surface area contributed by atoms with Gasteiger partial charge in [0.1, 0.15) is 0 Å². The Kier molecular flexibility index (Phi) is 5.85. The smallest absolute Gasteiger partial charge is 0.186 e. The first-order valence-electron chi connectivity index (χ1n) is 8.18. The number of hydrogen-bond acceptors (Lipinski definition) is 4. The molecule has 1 heterocycles. The van der Waals surface area contributed by atoms with Gasteiger partial charge in [-0.25, -0.2) is 4.98 Å².